The van der Waals surface area contributed by atoms with Gasteiger partial charge in [0.2, 0.25) is 5.96 Å². The fraction of sp³-hybridized carbons (Fsp3) is 0. The molecule has 0 aliphatic rings. The molecule has 0 heterocycles. The summed E-state index contributed by atoms with van der Waals surface area (Å²) in [5.74, 6) is -0.0780. The quantitative estimate of drug-likeness (QED) is 0.241. The van der Waals surface area contributed by atoms with Crippen molar-refractivity contribution in [1.82, 2.24) is 0 Å². The third-order valence-electron chi connectivity index (χ3n) is 4.72. The van der Waals surface area contributed by atoms with Crippen molar-refractivity contribution in [3.8, 4) is 0 Å². The Labute approximate surface area is 187 Å². The Balaban J connectivity index is 0.00000272. The topological polar surface area (TPSA) is 76.8 Å². The van der Waals surface area contributed by atoms with Gasteiger partial charge in [0.15, 0.2) is 0 Å². The van der Waals surface area contributed by atoms with Crippen LogP contribution in [0.3, 0.4) is 0 Å². The molecule has 0 radical (unpaired) electrons. The minimum absolute atomic E-state index is 0. The zero-order valence-corrected chi connectivity index (χ0v) is 17.7. The fourth-order valence-electron chi connectivity index (χ4n) is 3.22. The standard InChI is InChI=1S/C26H22N4.ClH/c27-26(28)30-29-25(15-11-19-9-13-21-5-1-3-7-23(21)17-19)16-12-20-10-14-22-6-2-4-8-24(22)18-20;/h1-18H,(H4,27,28,30);1H. The van der Waals surface area contributed by atoms with Crippen LogP contribution in [0.4, 0.5) is 0 Å². The summed E-state index contributed by atoms with van der Waals surface area (Å²) in [6, 6.07) is 29.2. The molecule has 0 saturated heterocycles. The van der Waals surface area contributed by atoms with E-state index in [2.05, 4.69) is 70.9 Å². The number of fused-ring (bicyclic) bond motifs is 2. The molecule has 0 aliphatic carbocycles. The summed E-state index contributed by atoms with van der Waals surface area (Å²) in [5.41, 5.74) is 13.7. The highest BCUT2D eigenvalue weighted by Crippen LogP contribution is 2.18. The minimum Gasteiger partial charge on any atom is -0.369 e. The molecule has 0 saturated carbocycles. The molecule has 0 bridgehead atoms. The predicted molar refractivity (Wildman–Crippen MR) is 136 cm³/mol. The highest BCUT2D eigenvalue weighted by atomic mass is 35.5. The predicted octanol–water partition coefficient (Wildman–Crippen LogP) is 5.77. The van der Waals surface area contributed by atoms with E-state index in [0.29, 0.717) is 5.71 Å². The van der Waals surface area contributed by atoms with E-state index < -0.39 is 0 Å². The summed E-state index contributed by atoms with van der Waals surface area (Å²) in [4.78, 5) is 0. The zero-order valence-electron chi connectivity index (χ0n) is 16.8. The molecule has 4 rings (SSSR count). The molecule has 0 aliphatic heterocycles. The average Bonchev–Trinajstić information content (AvgIpc) is 2.78. The number of rotatable bonds is 5. The Hall–Kier alpha value is -3.89. The van der Waals surface area contributed by atoms with E-state index in [1.54, 1.807) is 0 Å². The van der Waals surface area contributed by atoms with Crippen molar-refractivity contribution in [2.24, 2.45) is 21.7 Å². The second-order valence-electron chi connectivity index (χ2n) is 6.93. The van der Waals surface area contributed by atoms with Crippen LogP contribution < -0.4 is 11.5 Å². The molecule has 0 fully saturated rings. The van der Waals surface area contributed by atoms with Crippen molar-refractivity contribution >= 4 is 57.8 Å². The van der Waals surface area contributed by atoms with E-state index in [0.717, 1.165) is 11.1 Å². The minimum atomic E-state index is -0.0780. The van der Waals surface area contributed by atoms with Crippen LogP contribution in [-0.2, 0) is 0 Å². The number of allylic oxidation sites excluding steroid dienone is 2. The number of halogens is 1. The van der Waals surface area contributed by atoms with Crippen molar-refractivity contribution in [3.05, 3.63) is 108 Å². The van der Waals surface area contributed by atoms with Crippen LogP contribution in [0.15, 0.2) is 107 Å². The Kier molecular flexibility index (Phi) is 7.20. The van der Waals surface area contributed by atoms with Gasteiger partial charge in [-0.15, -0.1) is 22.6 Å². The molecule has 4 N–H and O–H groups in total. The van der Waals surface area contributed by atoms with Crippen LogP contribution in [0.25, 0.3) is 33.7 Å². The fourth-order valence-corrected chi connectivity index (χ4v) is 3.22. The zero-order chi connectivity index (χ0) is 20.8. The normalized spacial score (nSPS) is 11.0. The van der Waals surface area contributed by atoms with E-state index in [1.807, 2.05) is 48.6 Å². The summed E-state index contributed by atoms with van der Waals surface area (Å²) in [6.45, 7) is 0. The van der Waals surface area contributed by atoms with Gasteiger partial charge in [-0.2, -0.15) is 0 Å². The van der Waals surface area contributed by atoms with Gasteiger partial charge in [-0.25, -0.2) is 0 Å². The summed E-state index contributed by atoms with van der Waals surface area (Å²) >= 11 is 0. The van der Waals surface area contributed by atoms with Crippen molar-refractivity contribution in [3.63, 3.8) is 0 Å². The largest absolute Gasteiger partial charge is 0.369 e. The Morgan fingerprint density at radius 2 is 1.03 bits per heavy atom. The molecule has 0 unspecified atom stereocenters. The summed E-state index contributed by atoms with van der Waals surface area (Å²) in [7, 11) is 0. The van der Waals surface area contributed by atoms with Gasteiger partial charge < -0.3 is 11.5 Å². The molecule has 31 heavy (non-hydrogen) atoms. The molecule has 0 spiro atoms. The van der Waals surface area contributed by atoms with E-state index in [1.165, 1.54) is 21.5 Å². The highest BCUT2D eigenvalue weighted by molar-refractivity contribution is 6.09. The molecule has 4 nitrogen and oxygen atoms in total. The summed E-state index contributed by atoms with van der Waals surface area (Å²) in [6.07, 6.45) is 7.79. The first kappa shape index (κ1) is 21.8. The SMILES string of the molecule is Cl.NC(N)=NN=C(C=Cc1ccc2ccccc2c1)C=Cc1ccc2ccccc2c1. The molecule has 0 amide bonds. The highest BCUT2D eigenvalue weighted by Gasteiger charge is 1.96. The van der Waals surface area contributed by atoms with Crippen LogP contribution in [-0.4, -0.2) is 11.7 Å². The van der Waals surface area contributed by atoms with Crippen molar-refractivity contribution < 1.29 is 0 Å². The molecular formula is C26H23ClN4. The number of hydrogen-bond acceptors (Lipinski definition) is 2. The number of nitrogens with two attached hydrogens (primary N) is 2. The van der Waals surface area contributed by atoms with Gasteiger partial charge in [-0.05, 0) is 57.0 Å². The second-order valence-corrected chi connectivity index (χ2v) is 6.93. The monoisotopic (exact) mass is 426 g/mol. The van der Waals surface area contributed by atoms with Gasteiger partial charge in [-0.3, -0.25) is 0 Å². The van der Waals surface area contributed by atoms with E-state index >= 15 is 0 Å². The number of nitrogens with zero attached hydrogens (tertiary/aromatic N) is 2. The maximum atomic E-state index is 5.45. The van der Waals surface area contributed by atoms with Crippen molar-refractivity contribution in [2.75, 3.05) is 0 Å². The first-order valence-corrected chi connectivity index (χ1v) is 9.68. The number of benzene rings is 4. The lowest BCUT2D eigenvalue weighted by Gasteiger charge is -2.00. The van der Waals surface area contributed by atoms with Gasteiger partial charge >= 0.3 is 0 Å². The number of guanidine groups is 1. The maximum absolute atomic E-state index is 5.45. The molecule has 5 heteroatoms. The molecule has 0 atom stereocenters. The van der Waals surface area contributed by atoms with Gasteiger partial charge in [-0.1, -0.05) is 84.9 Å². The van der Waals surface area contributed by atoms with Gasteiger partial charge in [0.1, 0.15) is 0 Å². The van der Waals surface area contributed by atoms with E-state index in [4.69, 9.17) is 11.5 Å². The third kappa shape index (κ3) is 5.81. The van der Waals surface area contributed by atoms with Crippen LogP contribution >= 0.6 is 12.4 Å². The van der Waals surface area contributed by atoms with Crippen LogP contribution in [0.2, 0.25) is 0 Å². The second kappa shape index (κ2) is 10.2. The van der Waals surface area contributed by atoms with Gasteiger partial charge in [0.05, 0.1) is 5.71 Å². The number of hydrogen-bond donors (Lipinski definition) is 2. The lowest BCUT2D eigenvalue weighted by Crippen LogP contribution is -2.22. The van der Waals surface area contributed by atoms with Crippen molar-refractivity contribution in [2.45, 2.75) is 0 Å². The lowest BCUT2D eigenvalue weighted by molar-refractivity contribution is 1.21. The Bertz CT molecular complexity index is 1220. The molecule has 4 aromatic rings. The summed E-state index contributed by atoms with van der Waals surface area (Å²) in [5, 5.41) is 12.8. The molecule has 0 aromatic heterocycles. The first-order chi connectivity index (χ1) is 14.7. The molecule has 154 valence electrons. The lowest BCUT2D eigenvalue weighted by atomic mass is 10.1. The molecule has 4 aromatic carbocycles. The molecular weight excluding hydrogens is 404 g/mol. The van der Waals surface area contributed by atoms with Crippen LogP contribution in [0, 0.1) is 0 Å². The maximum Gasteiger partial charge on any atom is 0.211 e. The Morgan fingerprint density at radius 3 is 1.48 bits per heavy atom. The van der Waals surface area contributed by atoms with Crippen LogP contribution in [0.5, 0.6) is 0 Å². The van der Waals surface area contributed by atoms with E-state index in [-0.39, 0.29) is 18.4 Å². The van der Waals surface area contributed by atoms with E-state index in [9.17, 15) is 0 Å². The van der Waals surface area contributed by atoms with Crippen LogP contribution in [0.1, 0.15) is 11.1 Å². The van der Waals surface area contributed by atoms with Crippen molar-refractivity contribution in [1.29, 1.82) is 0 Å². The third-order valence-corrected chi connectivity index (χ3v) is 4.72. The summed E-state index contributed by atoms with van der Waals surface area (Å²) < 4.78 is 0. The smallest absolute Gasteiger partial charge is 0.211 e. The van der Waals surface area contributed by atoms with Gasteiger partial charge in [0.25, 0.3) is 0 Å². The van der Waals surface area contributed by atoms with Gasteiger partial charge in [0, 0.05) is 0 Å². The average molecular weight is 427 g/mol. The first-order valence-electron chi connectivity index (χ1n) is 9.68. The Morgan fingerprint density at radius 1 is 0.581 bits per heavy atom.